The SMILES string of the molecule is O=C(/C=C/c1cccc([N+](=O)[O-])c1)Nc1ccnn1Cc1cccc(Cl)c1. The summed E-state index contributed by atoms with van der Waals surface area (Å²) in [6, 6.07) is 15.1. The number of amides is 1. The molecule has 0 spiro atoms. The maximum absolute atomic E-state index is 12.2. The van der Waals surface area contributed by atoms with Crippen LogP contribution in [0.4, 0.5) is 11.5 Å². The highest BCUT2D eigenvalue weighted by atomic mass is 35.5. The van der Waals surface area contributed by atoms with Gasteiger partial charge in [0.2, 0.25) is 5.91 Å². The Morgan fingerprint density at radius 1 is 1.22 bits per heavy atom. The summed E-state index contributed by atoms with van der Waals surface area (Å²) in [5.74, 6) is 0.165. The van der Waals surface area contributed by atoms with Crippen LogP contribution in [0.5, 0.6) is 0 Å². The van der Waals surface area contributed by atoms with E-state index in [1.807, 2.05) is 18.2 Å². The first-order valence-corrected chi connectivity index (χ1v) is 8.39. The van der Waals surface area contributed by atoms with Crippen molar-refractivity contribution in [1.82, 2.24) is 9.78 Å². The lowest BCUT2D eigenvalue weighted by Gasteiger charge is -2.08. The largest absolute Gasteiger partial charge is 0.307 e. The van der Waals surface area contributed by atoms with Gasteiger partial charge in [-0.15, -0.1) is 0 Å². The molecule has 1 heterocycles. The fourth-order valence-electron chi connectivity index (χ4n) is 2.45. The maximum Gasteiger partial charge on any atom is 0.270 e. The number of anilines is 1. The summed E-state index contributed by atoms with van der Waals surface area (Å²) in [4.78, 5) is 22.5. The second kappa shape index (κ2) is 8.29. The number of nitrogens with one attached hydrogen (secondary N) is 1. The molecule has 0 saturated heterocycles. The molecule has 0 unspecified atom stereocenters. The molecular formula is C19H15ClN4O3. The number of rotatable bonds is 6. The smallest absolute Gasteiger partial charge is 0.270 e. The zero-order valence-corrected chi connectivity index (χ0v) is 14.8. The van der Waals surface area contributed by atoms with Crippen LogP contribution in [-0.4, -0.2) is 20.6 Å². The second-order valence-electron chi connectivity index (χ2n) is 5.68. The van der Waals surface area contributed by atoms with Crippen molar-refractivity contribution < 1.29 is 9.72 Å². The summed E-state index contributed by atoms with van der Waals surface area (Å²) in [7, 11) is 0. The Balaban J connectivity index is 1.67. The van der Waals surface area contributed by atoms with Gasteiger partial charge in [-0.1, -0.05) is 35.9 Å². The molecule has 3 aromatic rings. The summed E-state index contributed by atoms with van der Waals surface area (Å²) in [5.41, 5.74) is 1.48. The van der Waals surface area contributed by atoms with Crippen LogP contribution in [-0.2, 0) is 11.3 Å². The third-order valence-electron chi connectivity index (χ3n) is 3.70. The third-order valence-corrected chi connectivity index (χ3v) is 3.93. The first-order valence-electron chi connectivity index (χ1n) is 8.01. The summed E-state index contributed by atoms with van der Waals surface area (Å²) >= 11 is 5.99. The molecule has 1 amide bonds. The lowest BCUT2D eigenvalue weighted by atomic mass is 10.2. The first-order chi connectivity index (χ1) is 13.0. The van der Waals surface area contributed by atoms with Gasteiger partial charge in [0, 0.05) is 29.3 Å². The van der Waals surface area contributed by atoms with Gasteiger partial charge in [0.05, 0.1) is 17.7 Å². The number of nitro groups is 1. The van der Waals surface area contributed by atoms with Gasteiger partial charge in [-0.3, -0.25) is 14.9 Å². The fraction of sp³-hybridized carbons (Fsp3) is 0.0526. The van der Waals surface area contributed by atoms with Crippen molar-refractivity contribution >= 4 is 35.1 Å². The summed E-state index contributed by atoms with van der Waals surface area (Å²) in [5, 5.41) is 18.4. The minimum Gasteiger partial charge on any atom is -0.307 e. The van der Waals surface area contributed by atoms with E-state index in [-0.39, 0.29) is 11.6 Å². The van der Waals surface area contributed by atoms with Gasteiger partial charge in [-0.05, 0) is 29.3 Å². The zero-order chi connectivity index (χ0) is 19.2. The number of hydrogen-bond donors (Lipinski definition) is 1. The van der Waals surface area contributed by atoms with Crippen LogP contribution in [0.1, 0.15) is 11.1 Å². The number of carbonyl (C=O) groups excluding carboxylic acids is 1. The van der Waals surface area contributed by atoms with Gasteiger partial charge < -0.3 is 5.32 Å². The van der Waals surface area contributed by atoms with E-state index in [0.29, 0.717) is 22.9 Å². The number of benzene rings is 2. The van der Waals surface area contributed by atoms with E-state index in [1.54, 1.807) is 35.1 Å². The molecule has 8 heteroatoms. The minimum atomic E-state index is -0.480. The molecule has 0 fully saturated rings. The maximum atomic E-state index is 12.2. The van der Waals surface area contributed by atoms with Crippen molar-refractivity contribution in [3.8, 4) is 0 Å². The van der Waals surface area contributed by atoms with Crippen molar-refractivity contribution in [3.63, 3.8) is 0 Å². The number of hydrogen-bond acceptors (Lipinski definition) is 4. The molecule has 0 aliphatic heterocycles. The minimum absolute atomic E-state index is 0.0304. The molecule has 2 aromatic carbocycles. The van der Waals surface area contributed by atoms with E-state index in [0.717, 1.165) is 5.56 Å². The highest BCUT2D eigenvalue weighted by Gasteiger charge is 2.07. The Kier molecular flexibility index (Phi) is 5.63. The predicted octanol–water partition coefficient (Wildman–Crippen LogP) is 4.14. The Hall–Kier alpha value is -3.45. The zero-order valence-electron chi connectivity index (χ0n) is 14.1. The summed E-state index contributed by atoms with van der Waals surface area (Å²) in [6.07, 6.45) is 4.42. The van der Waals surface area contributed by atoms with Crippen molar-refractivity contribution in [2.24, 2.45) is 0 Å². The van der Waals surface area contributed by atoms with Crippen molar-refractivity contribution in [2.45, 2.75) is 6.54 Å². The molecule has 27 heavy (non-hydrogen) atoms. The quantitative estimate of drug-likeness (QED) is 0.394. The topological polar surface area (TPSA) is 90.1 Å². The molecule has 0 atom stereocenters. The van der Waals surface area contributed by atoms with Crippen LogP contribution >= 0.6 is 11.6 Å². The molecule has 1 aromatic heterocycles. The number of nitrogens with zero attached hydrogens (tertiary/aromatic N) is 3. The van der Waals surface area contributed by atoms with Crippen LogP contribution in [0.15, 0.2) is 66.9 Å². The highest BCUT2D eigenvalue weighted by molar-refractivity contribution is 6.30. The van der Waals surface area contributed by atoms with Crippen LogP contribution in [0.2, 0.25) is 5.02 Å². The van der Waals surface area contributed by atoms with Gasteiger partial charge in [0.15, 0.2) is 0 Å². The highest BCUT2D eigenvalue weighted by Crippen LogP contribution is 2.16. The van der Waals surface area contributed by atoms with E-state index in [9.17, 15) is 14.9 Å². The van der Waals surface area contributed by atoms with Gasteiger partial charge in [0.25, 0.3) is 5.69 Å². The Morgan fingerprint density at radius 2 is 2.04 bits per heavy atom. The first kappa shape index (κ1) is 18.3. The molecule has 3 rings (SSSR count). The Bertz CT molecular complexity index is 1010. The lowest BCUT2D eigenvalue weighted by Crippen LogP contribution is -2.13. The fourth-order valence-corrected chi connectivity index (χ4v) is 2.67. The Labute approximate surface area is 160 Å². The number of aromatic nitrogens is 2. The van der Waals surface area contributed by atoms with E-state index in [1.165, 1.54) is 24.3 Å². The van der Waals surface area contributed by atoms with Crippen molar-refractivity contribution in [3.05, 3.63) is 93.1 Å². The molecule has 7 nitrogen and oxygen atoms in total. The van der Waals surface area contributed by atoms with E-state index >= 15 is 0 Å². The second-order valence-corrected chi connectivity index (χ2v) is 6.12. The standard InChI is InChI=1S/C19H15ClN4O3/c20-16-5-1-4-15(11-16)13-23-18(9-10-21-23)22-19(25)8-7-14-3-2-6-17(12-14)24(26)27/h1-12H,13H2,(H,22,25)/b8-7+. The molecule has 136 valence electrons. The van der Waals surface area contributed by atoms with Crippen molar-refractivity contribution in [1.29, 1.82) is 0 Å². The van der Waals surface area contributed by atoms with Crippen molar-refractivity contribution in [2.75, 3.05) is 5.32 Å². The molecule has 0 bridgehead atoms. The number of nitro benzene ring substituents is 1. The summed E-state index contributed by atoms with van der Waals surface area (Å²) < 4.78 is 1.64. The average Bonchev–Trinajstić information content (AvgIpc) is 3.07. The molecule has 0 saturated carbocycles. The normalized spacial score (nSPS) is 10.9. The van der Waals surface area contributed by atoms with Gasteiger partial charge in [-0.25, -0.2) is 4.68 Å². The van der Waals surface area contributed by atoms with E-state index in [4.69, 9.17) is 11.6 Å². The molecule has 1 N–H and O–H groups in total. The monoisotopic (exact) mass is 382 g/mol. The molecule has 0 aliphatic rings. The number of non-ortho nitro benzene ring substituents is 1. The average molecular weight is 383 g/mol. The predicted molar refractivity (Wildman–Crippen MR) is 104 cm³/mol. The van der Waals surface area contributed by atoms with Crippen LogP contribution in [0.25, 0.3) is 6.08 Å². The molecule has 0 radical (unpaired) electrons. The molecule has 0 aliphatic carbocycles. The van der Waals surface area contributed by atoms with Gasteiger partial charge in [0.1, 0.15) is 5.82 Å². The van der Waals surface area contributed by atoms with Gasteiger partial charge >= 0.3 is 0 Å². The van der Waals surface area contributed by atoms with Crippen LogP contribution < -0.4 is 5.32 Å². The summed E-state index contributed by atoms with van der Waals surface area (Å²) in [6.45, 7) is 0.456. The van der Waals surface area contributed by atoms with Crippen LogP contribution in [0, 0.1) is 10.1 Å². The number of carbonyl (C=O) groups is 1. The number of halogens is 1. The van der Waals surface area contributed by atoms with Gasteiger partial charge in [-0.2, -0.15) is 5.10 Å². The Morgan fingerprint density at radius 3 is 2.81 bits per heavy atom. The third kappa shape index (κ3) is 5.02. The van der Waals surface area contributed by atoms with Crippen LogP contribution in [0.3, 0.4) is 0 Å². The molecular weight excluding hydrogens is 368 g/mol. The lowest BCUT2D eigenvalue weighted by molar-refractivity contribution is -0.384. The van der Waals surface area contributed by atoms with E-state index in [2.05, 4.69) is 10.4 Å². The van der Waals surface area contributed by atoms with E-state index < -0.39 is 4.92 Å².